The van der Waals surface area contributed by atoms with Crippen molar-refractivity contribution in [2.24, 2.45) is 0 Å². The van der Waals surface area contributed by atoms with E-state index >= 15 is 0 Å². The van der Waals surface area contributed by atoms with Crippen LogP contribution in [-0.2, 0) is 9.53 Å². The number of halogens is 2. The van der Waals surface area contributed by atoms with Crippen molar-refractivity contribution in [2.75, 3.05) is 13.2 Å². The van der Waals surface area contributed by atoms with Crippen molar-refractivity contribution < 1.29 is 14.6 Å². The molecule has 2 unspecified atom stereocenters. The van der Waals surface area contributed by atoms with Crippen molar-refractivity contribution >= 4 is 29.1 Å². The molecule has 1 heterocycles. The number of amides is 1. The SMILES string of the molecule is O=C(CCC1CCCO1)NCC(O)c1c(Cl)cccc1Cl. The highest BCUT2D eigenvalue weighted by Gasteiger charge is 2.18. The predicted octanol–water partition coefficient (Wildman–Crippen LogP) is 3.10. The summed E-state index contributed by atoms with van der Waals surface area (Å²) in [5.41, 5.74) is 0.445. The Morgan fingerprint density at radius 3 is 2.76 bits per heavy atom. The maximum absolute atomic E-state index is 11.8. The molecule has 1 aromatic carbocycles. The fourth-order valence-corrected chi connectivity index (χ4v) is 3.04. The number of hydrogen-bond donors (Lipinski definition) is 2. The first kappa shape index (κ1) is 16.6. The second-order valence-electron chi connectivity index (χ2n) is 5.13. The van der Waals surface area contributed by atoms with E-state index in [9.17, 15) is 9.90 Å². The largest absolute Gasteiger partial charge is 0.386 e. The van der Waals surface area contributed by atoms with E-state index in [2.05, 4.69) is 5.32 Å². The standard InChI is InChI=1S/C15H19Cl2NO3/c16-11-4-1-5-12(17)15(11)13(19)9-18-14(20)7-6-10-3-2-8-21-10/h1,4-5,10,13,19H,2-3,6-9H2,(H,18,20). The molecule has 1 aromatic rings. The van der Waals surface area contributed by atoms with Gasteiger partial charge in [-0.25, -0.2) is 0 Å². The Kier molecular flexibility index (Phi) is 6.30. The van der Waals surface area contributed by atoms with Crippen LogP contribution in [0.25, 0.3) is 0 Å². The Balaban J connectivity index is 1.77. The molecule has 0 aromatic heterocycles. The predicted molar refractivity (Wildman–Crippen MR) is 82.6 cm³/mol. The van der Waals surface area contributed by atoms with Crippen LogP contribution in [0.3, 0.4) is 0 Å². The average molecular weight is 332 g/mol. The zero-order chi connectivity index (χ0) is 15.2. The van der Waals surface area contributed by atoms with E-state index in [4.69, 9.17) is 27.9 Å². The first-order valence-corrected chi connectivity index (χ1v) is 7.84. The van der Waals surface area contributed by atoms with Crippen LogP contribution in [0.5, 0.6) is 0 Å². The van der Waals surface area contributed by atoms with Gasteiger partial charge in [0, 0.05) is 35.2 Å². The van der Waals surface area contributed by atoms with Gasteiger partial charge in [-0.15, -0.1) is 0 Å². The van der Waals surface area contributed by atoms with Gasteiger partial charge in [0.2, 0.25) is 5.91 Å². The van der Waals surface area contributed by atoms with Crippen LogP contribution >= 0.6 is 23.2 Å². The summed E-state index contributed by atoms with van der Waals surface area (Å²) in [7, 11) is 0. The Hall–Kier alpha value is -0.810. The lowest BCUT2D eigenvalue weighted by molar-refractivity contribution is -0.122. The van der Waals surface area contributed by atoms with Crippen LogP contribution in [-0.4, -0.2) is 30.3 Å². The molecule has 116 valence electrons. The molecule has 1 amide bonds. The second-order valence-corrected chi connectivity index (χ2v) is 5.94. The van der Waals surface area contributed by atoms with Crippen LogP contribution in [0.1, 0.15) is 37.4 Å². The molecule has 1 saturated heterocycles. The minimum absolute atomic E-state index is 0.0911. The van der Waals surface area contributed by atoms with Gasteiger partial charge in [0.05, 0.1) is 12.2 Å². The maximum atomic E-state index is 11.8. The lowest BCUT2D eigenvalue weighted by Crippen LogP contribution is -2.29. The summed E-state index contributed by atoms with van der Waals surface area (Å²) in [6.45, 7) is 0.879. The van der Waals surface area contributed by atoms with Gasteiger partial charge in [0.1, 0.15) is 0 Å². The Morgan fingerprint density at radius 1 is 1.43 bits per heavy atom. The van der Waals surface area contributed by atoms with Crippen LogP contribution in [0, 0.1) is 0 Å². The Bertz CT molecular complexity index is 470. The molecule has 0 bridgehead atoms. The minimum Gasteiger partial charge on any atom is -0.386 e. The van der Waals surface area contributed by atoms with Gasteiger partial charge in [0.25, 0.3) is 0 Å². The zero-order valence-corrected chi connectivity index (χ0v) is 13.2. The normalized spacial score (nSPS) is 19.5. The number of carbonyl (C=O) groups excluding carboxylic acids is 1. The fraction of sp³-hybridized carbons (Fsp3) is 0.533. The number of rotatable bonds is 6. The van der Waals surface area contributed by atoms with Gasteiger partial charge < -0.3 is 15.2 Å². The Labute approximate surface area is 134 Å². The molecule has 2 N–H and O–H groups in total. The summed E-state index contributed by atoms with van der Waals surface area (Å²) in [6.07, 6.45) is 2.47. The molecule has 0 aliphatic carbocycles. The highest BCUT2D eigenvalue weighted by molar-refractivity contribution is 6.36. The molecule has 0 radical (unpaired) electrons. The highest BCUT2D eigenvalue weighted by atomic mass is 35.5. The highest BCUT2D eigenvalue weighted by Crippen LogP contribution is 2.29. The lowest BCUT2D eigenvalue weighted by Gasteiger charge is -2.15. The van der Waals surface area contributed by atoms with E-state index in [-0.39, 0.29) is 18.6 Å². The fourth-order valence-electron chi connectivity index (χ4n) is 2.39. The quantitative estimate of drug-likeness (QED) is 0.842. The third-order valence-corrected chi connectivity index (χ3v) is 4.20. The summed E-state index contributed by atoms with van der Waals surface area (Å²) in [6, 6.07) is 5.03. The molecule has 1 fully saturated rings. The summed E-state index contributed by atoms with van der Waals surface area (Å²) in [5.74, 6) is -0.104. The molecular formula is C15H19Cl2NO3. The number of nitrogens with one attached hydrogen (secondary N) is 1. The van der Waals surface area contributed by atoms with Gasteiger partial charge >= 0.3 is 0 Å². The van der Waals surface area contributed by atoms with Gasteiger partial charge in [-0.1, -0.05) is 29.3 Å². The number of carbonyl (C=O) groups is 1. The molecule has 1 aliphatic heterocycles. The molecule has 6 heteroatoms. The first-order valence-electron chi connectivity index (χ1n) is 7.08. The van der Waals surface area contributed by atoms with Crippen LogP contribution in [0.4, 0.5) is 0 Å². The van der Waals surface area contributed by atoms with Crippen molar-refractivity contribution in [3.63, 3.8) is 0 Å². The first-order chi connectivity index (χ1) is 10.1. The molecule has 0 saturated carbocycles. The number of aliphatic hydroxyl groups is 1. The third-order valence-electron chi connectivity index (χ3n) is 3.54. The third kappa shape index (κ3) is 4.85. The van der Waals surface area contributed by atoms with Crippen molar-refractivity contribution in [2.45, 2.75) is 37.9 Å². The zero-order valence-electron chi connectivity index (χ0n) is 11.6. The van der Waals surface area contributed by atoms with Gasteiger partial charge in [-0.2, -0.15) is 0 Å². The summed E-state index contributed by atoms with van der Waals surface area (Å²) < 4.78 is 5.47. The summed E-state index contributed by atoms with van der Waals surface area (Å²) >= 11 is 12.0. The lowest BCUT2D eigenvalue weighted by atomic mass is 10.1. The van der Waals surface area contributed by atoms with Crippen LogP contribution < -0.4 is 5.32 Å². The molecule has 4 nitrogen and oxygen atoms in total. The molecule has 2 rings (SSSR count). The maximum Gasteiger partial charge on any atom is 0.220 e. The van der Waals surface area contributed by atoms with Crippen molar-refractivity contribution in [3.8, 4) is 0 Å². The van der Waals surface area contributed by atoms with Gasteiger partial charge in [-0.3, -0.25) is 4.79 Å². The smallest absolute Gasteiger partial charge is 0.220 e. The minimum atomic E-state index is -0.919. The average Bonchev–Trinajstić information content (AvgIpc) is 2.96. The Morgan fingerprint density at radius 2 is 2.14 bits per heavy atom. The van der Waals surface area contributed by atoms with Crippen molar-refractivity contribution in [1.29, 1.82) is 0 Å². The summed E-state index contributed by atoms with van der Waals surface area (Å²) in [5, 5.41) is 13.6. The second kappa shape index (κ2) is 7.99. The van der Waals surface area contributed by atoms with Gasteiger partial charge in [-0.05, 0) is 31.4 Å². The monoisotopic (exact) mass is 331 g/mol. The summed E-state index contributed by atoms with van der Waals surface area (Å²) in [4.78, 5) is 11.8. The molecule has 0 spiro atoms. The molecule has 21 heavy (non-hydrogen) atoms. The van der Waals surface area contributed by atoms with E-state index in [1.165, 1.54) is 0 Å². The van der Waals surface area contributed by atoms with E-state index in [1.54, 1.807) is 18.2 Å². The molecule has 2 atom stereocenters. The van der Waals surface area contributed by atoms with E-state index in [0.29, 0.717) is 22.0 Å². The van der Waals surface area contributed by atoms with E-state index < -0.39 is 6.10 Å². The van der Waals surface area contributed by atoms with Crippen molar-refractivity contribution in [3.05, 3.63) is 33.8 Å². The van der Waals surface area contributed by atoms with E-state index in [1.807, 2.05) is 0 Å². The number of benzene rings is 1. The van der Waals surface area contributed by atoms with Crippen LogP contribution in [0.2, 0.25) is 10.0 Å². The van der Waals surface area contributed by atoms with Crippen LogP contribution in [0.15, 0.2) is 18.2 Å². The number of ether oxygens (including phenoxy) is 1. The number of hydrogen-bond acceptors (Lipinski definition) is 3. The topological polar surface area (TPSA) is 58.6 Å². The molecular weight excluding hydrogens is 313 g/mol. The van der Waals surface area contributed by atoms with Gasteiger partial charge in [0.15, 0.2) is 0 Å². The van der Waals surface area contributed by atoms with Crippen molar-refractivity contribution in [1.82, 2.24) is 5.32 Å². The molecule has 1 aliphatic rings. The number of aliphatic hydroxyl groups excluding tert-OH is 1. The van der Waals surface area contributed by atoms with E-state index in [0.717, 1.165) is 25.9 Å².